The molecule has 1 heterocycles. The fourth-order valence-corrected chi connectivity index (χ4v) is 2.82. The summed E-state index contributed by atoms with van der Waals surface area (Å²) in [6.45, 7) is 4.30. The molecule has 1 amide bonds. The van der Waals surface area contributed by atoms with Gasteiger partial charge in [-0.3, -0.25) is 9.59 Å². The molecule has 24 heavy (non-hydrogen) atoms. The molecule has 1 aliphatic rings. The van der Waals surface area contributed by atoms with Crippen LogP contribution < -0.4 is 9.47 Å². The van der Waals surface area contributed by atoms with Crippen LogP contribution in [0, 0.1) is 11.8 Å². The second-order valence-electron chi connectivity index (χ2n) is 5.92. The van der Waals surface area contributed by atoms with Crippen molar-refractivity contribution in [2.45, 2.75) is 13.8 Å². The third-order valence-corrected chi connectivity index (χ3v) is 4.18. The third kappa shape index (κ3) is 4.07. The number of aliphatic carboxylic acids is 1. The van der Waals surface area contributed by atoms with Crippen molar-refractivity contribution in [3.8, 4) is 11.5 Å². The highest BCUT2D eigenvalue weighted by molar-refractivity contribution is 5.80. The molecular weight excluding hydrogens is 310 g/mol. The van der Waals surface area contributed by atoms with Gasteiger partial charge in [0.25, 0.3) is 5.91 Å². The predicted octanol–water partition coefficient (Wildman–Crippen LogP) is 2.29. The second kappa shape index (κ2) is 7.86. The Hall–Kier alpha value is -2.50. The molecule has 1 N–H and O–H groups in total. The molecule has 0 unspecified atom stereocenters. The van der Waals surface area contributed by atoms with Crippen molar-refractivity contribution in [3.63, 3.8) is 0 Å². The minimum Gasteiger partial charge on any atom is -0.493 e. The van der Waals surface area contributed by atoms with Gasteiger partial charge in [-0.15, -0.1) is 0 Å². The molecule has 1 aromatic rings. The monoisotopic (exact) mass is 333 g/mol. The van der Waals surface area contributed by atoms with Crippen LogP contribution in [0.1, 0.15) is 19.4 Å². The Kier molecular flexibility index (Phi) is 5.84. The van der Waals surface area contributed by atoms with E-state index in [1.165, 1.54) is 0 Å². The highest BCUT2D eigenvalue weighted by Crippen LogP contribution is 2.29. The summed E-state index contributed by atoms with van der Waals surface area (Å²) in [5.41, 5.74) is 0.977. The molecule has 1 fully saturated rings. The highest BCUT2D eigenvalue weighted by atomic mass is 16.5. The van der Waals surface area contributed by atoms with E-state index in [0.29, 0.717) is 18.0 Å². The summed E-state index contributed by atoms with van der Waals surface area (Å²) in [4.78, 5) is 24.9. The minimum absolute atomic E-state index is 0.0545. The van der Waals surface area contributed by atoms with Crippen molar-refractivity contribution < 1.29 is 24.2 Å². The van der Waals surface area contributed by atoms with E-state index < -0.39 is 11.9 Å². The van der Waals surface area contributed by atoms with Gasteiger partial charge in [0.05, 0.1) is 13.0 Å². The van der Waals surface area contributed by atoms with E-state index in [1.807, 2.05) is 38.1 Å². The summed E-state index contributed by atoms with van der Waals surface area (Å²) >= 11 is 0. The number of rotatable bonds is 6. The number of likely N-dealkylation sites (tertiary alicyclic amines) is 1. The normalized spacial score (nSPS) is 20.4. The molecule has 130 valence electrons. The van der Waals surface area contributed by atoms with Crippen molar-refractivity contribution in [3.05, 3.63) is 29.8 Å². The van der Waals surface area contributed by atoms with Crippen LogP contribution in [0.3, 0.4) is 0 Å². The van der Waals surface area contributed by atoms with Gasteiger partial charge in [-0.25, -0.2) is 0 Å². The topological polar surface area (TPSA) is 76.1 Å². The van der Waals surface area contributed by atoms with E-state index in [2.05, 4.69) is 0 Å². The van der Waals surface area contributed by atoms with Crippen LogP contribution in [-0.4, -0.2) is 48.7 Å². The quantitative estimate of drug-likeness (QED) is 0.864. The zero-order valence-electron chi connectivity index (χ0n) is 14.2. The largest absolute Gasteiger partial charge is 0.493 e. The number of benzene rings is 1. The molecule has 0 aromatic heterocycles. The van der Waals surface area contributed by atoms with E-state index in [9.17, 15) is 9.59 Å². The Balaban J connectivity index is 1.98. The molecular formula is C18H23NO5. The average Bonchev–Trinajstić information content (AvgIpc) is 2.95. The van der Waals surface area contributed by atoms with Crippen molar-refractivity contribution in [1.29, 1.82) is 0 Å². The van der Waals surface area contributed by atoms with Gasteiger partial charge >= 0.3 is 5.97 Å². The van der Waals surface area contributed by atoms with Gasteiger partial charge in [-0.1, -0.05) is 25.1 Å². The summed E-state index contributed by atoms with van der Waals surface area (Å²) in [5, 5.41) is 9.14. The van der Waals surface area contributed by atoms with Crippen LogP contribution in [0.5, 0.6) is 11.5 Å². The molecule has 2 rings (SSSR count). The van der Waals surface area contributed by atoms with Crippen LogP contribution in [0.2, 0.25) is 0 Å². The average molecular weight is 333 g/mol. The molecule has 1 saturated heterocycles. The Morgan fingerprint density at radius 2 is 2.08 bits per heavy atom. The lowest BCUT2D eigenvalue weighted by atomic mass is 9.99. The fourth-order valence-electron chi connectivity index (χ4n) is 2.82. The number of ether oxygens (including phenoxy) is 2. The first-order valence-electron chi connectivity index (χ1n) is 7.90. The summed E-state index contributed by atoms with van der Waals surface area (Å²) < 4.78 is 10.9. The number of nitrogens with zero attached hydrogens (tertiary/aromatic N) is 1. The van der Waals surface area contributed by atoms with Crippen molar-refractivity contribution in [1.82, 2.24) is 4.90 Å². The number of amides is 1. The first kappa shape index (κ1) is 17.8. The number of carboxylic acids is 1. The highest BCUT2D eigenvalue weighted by Gasteiger charge is 2.36. The van der Waals surface area contributed by atoms with Gasteiger partial charge in [0.2, 0.25) is 0 Å². The zero-order chi connectivity index (χ0) is 17.7. The van der Waals surface area contributed by atoms with Gasteiger partial charge in [0.1, 0.15) is 0 Å². The molecule has 2 atom stereocenters. The Labute approximate surface area is 141 Å². The van der Waals surface area contributed by atoms with Crippen LogP contribution >= 0.6 is 0 Å². The van der Waals surface area contributed by atoms with Gasteiger partial charge < -0.3 is 19.5 Å². The second-order valence-corrected chi connectivity index (χ2v) is 5.92. The molecule has 0 spiro atoms. The maximum Gasteiger partial charge on any atom is 0.308 e. The summed E-state index contributed by atoms with van der Waals surface area (Å²) in [5.74, 6) is -0.604. The molecule has 0 bridgehead atoms. The van der Waals surface area contributed by atoms with E-state index in [-0.39, 0.29) is 25.0 Å². The first-order valence-corrected chi connectivity index (χ1v) is 7.90. The standard InChI is InChI=1S/C18H23NO5/c1-4-5-13-6-7-15(16(8-13)23-3)24-11-17(20)19-9-12(2)14(10-19)18(21)22/h4-8,12,14H,9-11H2,1-3H3,(H,21,22)/b5-4+/t12-,14-/m1/s1. The lowest BCUT2D eigenvalue weighted by molar-refractivity contribution is -0.142. The van der Waals surface area contributed by atoms with Gasteiger partial charge in [-0.2, -0.15) is 0 Å². The van der Waals surface area contributed by atoms with Crippen molar-refractivity contribution >= 4 is 18.0 Å². The Bertz CT molecular complexity index is 640. The first-order chi connectivity index (χ1) is 11.5. The summed E-state index contributed by atoms with van der Waals surface area (Å²) in [6.07, 6.45) is 3.86. The van der Waals surface area contributed by atoms with Gasteiger partial charge in [0.15, 0.2) is 18.1 Å². The zero-order valence-corrected chi connectivity index (χ0v) is 14.2. The molecule has 1 aromatic carbocycles. The molecule has 0 aliphatic carbocycles. The number of methoxy groups -OCH3 is 1. The number of hydrogen-bond acceptors (Lipinski definition) is 4. The summed E-state index contributed by atoms with van der Waals surface area (Å²) in [6, 6.07) is 5.47. The lowest BCUT2D eigenvalue weighted by Gasteiger charge is -2.17. The molecule has 0 saturated carbocycles. The molecule has 0 radical (unpaired) electrons. The third-order valence-electron chi connectivity index (χ3n) is 4.18. The van der Waals surface area contributed by atoms with Gasteiger partial charge in [-0.05, 0) is 30.5 Å². The number of hydrogen-bond donors (Lipinski definition) is 1. The Morgan fingerprint density at radius 1 is 1.33 bits per heavy atom. The van der Waals surface area contributed by atoms with E-state index in [4.69, 9.17) is 14.6 Å². The number of carbonyl (C=O) groups is 2. The maximum atomic E-state index is 12.3. The van der Waals surface area contributed by atoms with E-state index in [0.717, 1.165) is 5.56 Å². The van der Waals surface area contributed by atoms with E-state index >= 15 is 0 Å². The number of allylic oxidation sites excluding steroid dienone is 1. The lowest BCUT2D eigenvalue weighted by Crippen LogP contribution is -2.33. The predicted molar refractivity (Wildman–Crippen MR) is 90.1 cm³/mol. The van der Waals surface area contributed by atoms with Crippen LogP contribution in [-0.2, 0) is 9.59 Å². The van der Waals surface area contributed by atoms with Crippen LogP contribution in [0.15, 0.2) is 24.3 Å². The Morgan fingerprint density at radius 3 is 2.67 bits per heavy atom. The number of carbonyl (C=O) groups excluding carboxylic acids is 1. The number of carboxylic acid groups (broad SMARTS) is 1. The molecule has 6 nitrogen and oxygen atoms in total. The van der Waals surface area contributed by atoms with Gasteiger partial charge in [0, 0.05) is 13.1 Å². The van der Waals surface area contributed by atoms with E-state index in [1.54, 1.807) is 18.1 Å². The molecule has 6 heteroatoms. The summed E-state index contributed by atoms with van der Waals surface area (Å²) in [7, 11) is 1.54. The van der Waals surface area contributed by atoms with Crippen LogP contribution in [0.25, 0.3) is 6.08 Å². The molecule has 1 aliphatic heterocycles. The maximum absolute atomic E-state index is 12.3. The van der Waals surface area contributed by atoms with Crippen molar-refractivity contribution in [2.75, 3.05) is 26.8 Å². The van der Waals surface area contributed by atoms with Crippen LogP contribution in [0.4, 0.5) is 0 Å². The minimum atomic E-state index is -0.861. The SMILES string of the molecule is C/C=C/c1ccc(OCC(=O)N2C[C@@H](C)[C@H](C(=O)O)C2)c(OC)c1. The van der Waals surface area contributed by atoms with Crippen molar-refractivity contribution in [2.24, 2.45) is 11.8 Å². The fraction of sp³-hybridized carbons (Fsp3) is 0.444. The smallest absolute Gasteiger partial charge is 0.308 e.